The van der Waals surface area contributed by atoms with Crippen LogP contribution in [0.2, 0.25) is 0 Å². The second-order valence-electron chi connectivity index (χ2n) is 12.2. The molecule has 2 atom stereocenters. The molecule has 0 saturated carbocycles. The third-order valence-corrected chi connectivity index (χ3v) is 8.33. The molecular weight excluding hydrogens is 508 g/mol. The molecule has 2 N–H and O–H groups in total. The number of ether oxygens (including phenoxy) is 2. The number of methoxy groups -OCH3 is 1. The van der Waals surface area contributed by atoms with E-state index in [0.717, 1.165) is 5.56 Å². The predicted octanol–water partition coefficient (Wildman–Crippen LogP) is 5.63. The standard InChI is InChI=1S/C32H36N2O6/c1-15(2)20-12-23-27(30(36)34-20)28(26-21(35)13-32(5,6)14-24(26)40-23)25-17(4)18(9-11-22(25)39-7)19-10-8-16(3)29(33-19)31(37)38/h8-11,15,20,28H,12-14H2,1-7H3,(H,34,36)(H,37,38)/t20-,28+/m1/s1. The molecule has 0 saturated heterocycles. The molecular formula is C32H36N2O6. The fourth-order valence-electron chi connectivity index (χ4n) is 6.21. The van der Waals surface area contributed by atoms with Crippen LogP contribution in [0.15, 0.2) is 46.9 Å². The number of Topliss-reactive ketones (excluding diaryl/α,β-unsaturated/α-hetero) is 1. The van der Waals surface area contributed by atoms with Crippen LogP contribution in [0, 0.1) is 25.2 Å². The number of carboxylic acid groups (broad SMARTS) is 1. The van der Waals surface area contributed by atoms with E-state index >= 15 is 0 Å². The minimum absolute atomic E-state index is 0.0219. The number of nitrogens with zero attached hydrogens (tertiary/aromatic N) is 1. The predicted molar refractivity (Wildman–Crippen MR) is 150 cm³/mol. The molecule has 1 aromatic heterocycles. The SMILES string of the molecule is COc1ccc(-c2ccc(C)c(C(=O)O)n2)c(C)c1[C@H]1C2=C(CC(C)(C)CC2=O)OC2=C1C(=O)N[C@@H](C(C)C)C2. The zero-order chi connectivity index (χ0) is 29.1. The summed E-state index contributed by atoms with van der Waals surface area (Å²) in [5.41, 5.74) is 3.84. The Morgan fingerprint density at radius 1 is 1.10 bits per heavy atom. The van der Waals surface area contributed by atoms with Gasteiger partial charge < -0.3 is 19.9 Å². The van der Waals surface area contributed by atoms with Gasteiger partial charge in [0.15, 0.2) is 11.5 Å². The highest BCUT2D eigenvalue weighted by Crippen LogP contribution is 2.53. The summed E-state index contributed by atoms with van der Waals surface area (Å²) in [6, 6.07) is 7.07. The highest BCUT2D eigenvalue weighted by atomic mass is 16.5. The van der Waals surface area contributed by atoms with Crippen LogP contribution >= 0.6 is 0 Å². The van der Waals surface area contributed by atoms with Crippen LogP contribution < -0.4 is 10.1 Å². The van der Waals surface area contributed by atoms with Gasteiger partial charge in [-0.3, -0.25) is 9.59 Å². The topological polar surface area (TPSA) is 115 Å². The van der Waals surface area contributed by atoms with Gasteiger partial charge in [0.2, 0.25) is 0 Å². The monoisotopic (exact) mass is 544 g/mol. The smallest absolute Gasteiger partial charge is 0.354 e. The number of carbonyl (C=O) groups is 3. The van der Waals surface area contributed by atoms with Crippen LogP contribution in [-0.4, -0.2) is 40.9 Å². The third-order valence-electron chi connectivity index (χ3n) is 8.33. The summed E-state index contributed by atoms with van der Waals surface area (Å²) in [4.78, 5) is 43.8. The molecule has 3 aliphatic rings. The van der Waals surface area contributed by atoms with Crippen molar-refractivity contribution >= 4 is 17.7 Å². The summed E-state index contributed by atoms with van der Waals surface area (Å²) in [6.45, 7) is 11.8. The average molecular weight is 545 g/mol. The molecule has 2 aromatic rings. The van der Waals surface area contributed by atoms with Crippen molar-refractivity contribution < 1.29 is 29.0 Å². The lowest BCUT2D eigenvalue weighted by Gasteiger charge is -2.42. The Labute approximate surface area is 234 Å². The molecule has 0 bridgehead atoms. The lowest BCUT2D eigenvalue weighted by Crippen LogP contribution is -2.47. The van der Waals surface area contributed by atoms with Crippen molar-refractivity contribution in [2.45, 2.75) is 72.8 Å². The van der Waals surface area contributed by atoms with Gasteiger partial charge in [-0.2, -0.15) is 0 Å². The van der Waals surface area contributed by atoms with E-state index in [4.69, 9.17) is 9.47 Å². The Hall–Kier alpha value is -3.94. The van der Waals surface area contributed by atoms with Gasteiger partial charge in [-0.15, -0.1) is 0 Å². The van der Waals surface area contributed by atoms with E-state index < -0.39 is 11.9 Å². The maximum Gasteiger partial charge on any atom is 0.354 e. The second kappa shape index (κ2) is 9.91. The Morgan fingerprint density at radius 3 is 2.48 bits per heavy atom. The zero-order valence-corrected chi connectivity index (χ0v) is 24.1. The number of aryl methyl sites for hydroxylation is 1. The van der Waals surface area contributed by atoms with E-state index in [1.165, 1.54) is 0 Å². The first-order chi connectivity index (χ1) is 18.8. The quantitative estimate of drug-likeness (QED) is 0.501. The number of hydrogen-bond acceptors (Lipinski definition) is 6. The minimum Gasteiger partial charge on any atom is -0.496 e. The second-order valence-corrected chi connectivity index (χ2v) is 12.2. The van der Waals surface area contributed by atoms with Crippen LogP contribution in [0.25, 0.3) is 11.3 Å². The Bertz CT molecular complexity index is 1510. The van der Waals surface area contributed by atoms with Crippen LogP contribution in [0.3, 0.4) is 0 Å². The number of ketones is 1. The van der Waals surface area contributed by atoms with E-state index in [1.807, 2.05) is 13.0 Å². The Morgan fingerprint density at radius 2 is 1.82 bits per heavy atom. The van der Waals surface area contributed by atoms with Crippen LogP contribution in [0.5, 0.6) is 5.75 Å². The maximum atomic E-state index is 13.8. The van der Waals surface area contributed by atoms with E-state index in [2.05, 4.69) is 38.0 Å². The van der Waals surface area contributed by atoms with Crippen molar-refractivity contribution in [1.29, 1.82) is 0 Å². The summed E-state index contributed by atoms with van der Waals surface area (Å²) in [6.07, 6.45) is 1.45. The summed E-state index contributed by atoms with van der Waals surface area (Å²) in [7, 11) is 1.57. The summed E-state index contributed by atoms with van der Waals surface area (Å²) in [5.74, 6) is -0.119. The van der Waals surface area contributed by atoms with E-state index in [1.54, 1.807) is 32.2 Å². The summed E-state index contributed by atoms with van der Waals surface area (Å²) < 4.78 is 12.3. The first-order valence-corrected chi connectivity index (χ1v) is 13.7. The molecule has 1 aromatic carbocycles. The van der Waals surface area contributed by atoms with E-state index in [-0.39, 0.29) is 34.8 Å². The molecule has 0 spiro atoms. The third kappa shape index (κ3) is 4.59. The molecule has 1 aliphatic carbocycles. The van der Waals surface area contributed by atoms with Gasteiger partial charge in [0, 0.05) is 42.0 Å². The van der Waals surface area contributed by atoms with Crippen molar-refractivity contribution in [1.82, 2.24) is 10.3 Å². The first kappa shape index (κ1) is 27.6. The molecule has 2 aliphatic heterocycles. The number of pyridine rings is 1. The minimum atomic E-state index is -1.10. The highest BCUT2D eigenvalue weighted by Gasteiger charge is 2.48. The summed E-state index contributed by atoms with van der Waals surface area (Å²) in [5, 5.41) is 12.8. The van der Waals surface area contributed by atoms with Gasteiger partial charge in [0.1, 0.15) is 17.3 Å². The highest BCUT2D eigenvalue weighted by molar-refractivity contribution is 6.06. The molecule has 8 nitrogen and oxygen atoms in total. The average Bonchev–Trinajstić information content (AvgIpc) is 2.86. The zero-order valence-electron chi connectivity index (χ0n) is 24.1. The molecule has 40 heavy (non-hydrogen) atoms. The lowest BCUT2D eigenvalue weighted by atomic mass is 9.68. The first-order valence-electron chi connectivity index (χ1n) is 13.7. The Balaban J connectivity index is 1.77. The van der Waals surface area contributed by atoms with E-state index in [9.17, 15) is 19.5 Å². The molecule has 8 heteroatoms. The van der Waals surface area contributed by atoms with Crippen LogP contribution in [0.1, 0.15) is 80.1 Å². The molecule has 0 radical (unpaired) electrons. The molecule has 210 valence electrons. The fourth-order valence-corrected chi connectivity index (χ4v) is 6.21. The molecule has 0 unspecified atom stereocenters. The van der Waals surface area contributed by atoms with Crippen LogP contribution in [-0.2, 0) is 14.3 Å². The van der Waals surface area contributed by atoms with Crippen molar-refractivity contribution in [3.05, 3.63) is 69.3 Å². The Kier molecular flexibility index (Phi) is 6.84. The molecule has 0 fully saturated rings. The number of hydrogen-bond donors (Lipinski definition) is 2. The number of carboxylic acids is 1. The van der Waals surface area contributed by atoms with Crippen molar-refractivity contribution in [2.75, 3.05) is 7.11 Å². The fraction of sp³-hybridized carbons (Fsp3) is 0.438. The van der Waals surface area contributed by atoms with Gasteiger partial charge in [-0.05, 0) is 54.5 Å². The lowest BCUT2D eigenvalue weighted by molar-refractivity contribution is -0.120. The summed E-state index contributed by atoms with van der Waals surface area (Å²) >= 11 is 0. The number of carbonyl (C=O) groups excluding carboxylic acids is 2. The van der Waals surface area contributed by atoms with Gasteiger partial charge >= 0.3 is 5.97 Å². The van der Waals surface area contributed by atoms with Gasteiger partial charge in [-0.1, -0.05) is 33.8 Å². The van der Waals surface area contributed by atoms with Gasteiger partial charge in [0.05, 0.1) is 24.3 Å². The number of aromatic carboxylic acids is 1. The number of nitrogens with one attached hydrogen (secondary N) is 1. The number of benzene rings is 1. The van der Waals surface area contributed by atoms with Crippen molar-refractivity contribution in [3.8, 4) is 17.0 Å². The van der Waals surface area contributed by atoms with Crippen molar-refractivity contribution in [3.63, 3.8) is 0 Å². The molecule has 5 rings (SSSR count). The molecule has 1 amide bonds. The van der Waals surface area contributed by atoms with E-state index in [0.29, 0.717) is 70.1 Å². The largest absolute Gasteiger partial charge is 0.496 e. The molecule has 3 heterocycles. The number of rotatable bonds is 5. The van der Waals surface area contributed by atoms with Gasteiger partial charge in [-0.25, -0.2) is 9.78 Å². The maximum absolute atomic E-state index is 13.8. The number of allylic oxidation sites excluding steroid dienone is 2. The van der Waals surface area contributed by atoms with Crippen LogP contribution in [0.4, 0.5) is 0 Å². The number of aromatic nitrogens is 1. The normalized spacial score (nSPS) is 22.0. The van der Waals surface area contributed by atoms with Crippen molar-refractivity contribution in [2.24, 2.45) is 11.3 Å². The van der Waals surface area contributed by atoms with Gasteiger partial charge in [0.25, 0.3) is 5.91 Å². The number of amides is 1.